The Bertz CT molecular complexity index is 361. The van der Waals surface area contributed by atoms with Crippen LogP contribution in [0.25, 0.3) is 0 Å². The smallest absolute Gasteiger partial charge is 0.0570 e. The summed E-state index contributed by atoms with van der Waals surface area (Å²) >= 11 is 0. The van der Waals surface area contributed by atoms with Gasteiger partial charge in [-0.25, -0.2) is 0 Å². The van der Waals surface area contributed by atoms with E-state index < -0.39 is 0 Å². The second-order valence-corrected chi connectivity index (χ2v) is 6.50. The maximum Gasteiger partial charge on any atom is 0.0570 e. The van der Waals surface area contributed by atoms with E-state index >= 15 is 0 Å². The Hall–Kier alpha value is -0.890. The third kappa shape index (κ3) is 4.61. The van der Waals surface area contributed by atoms with Gasteiger partial charge in [0, 0.05) is 18.3 Å². The van der Waals surface area contributed by atoms with Crippen molar-refractivity contribution in [3.63, 3.8) is 0 Å². The van der Waals surface area contributed by atoms with Gasteiger partial charge in [-0.2, -0.15) is 0 Å². The van der Waals surface area contributed by atoms with Gasteiger partial charge in [0.2, 0.25) is 0 Å². The number of nitrogens with one attached hydrogen (secondary N) is 1. The maximum absolute atomic E-state index is 4.45. The van der Waals surface area contributed by atoms with Crippen LogP contribution in [0.3, 0.4) is 0 Å². The second-order valence-electron chi connectivity index (χ2n) is 6.50. The molecule has 0 saturated heterocycles. The lowest BCUT2D eigenvalue weighted by Gasteiger charge is -2.32. The van der Waals surface area contributed by atoms with Gasteiger partial charge in [-0.3, -0.25) is 4.98 Å². The molecule has 0 radical (unpaired) electrons. The summed E-state index contributed by atoms with van der Waals surface area (Å²) < 4.78 is 0. The molecular weight excluding hydrogens is 232 g/mol. The van der Waals surface area contributed by atoms with E-state index in [4.69, 9.17) is 0 Å². The first-order valence-corrected chi connectivity index (χ1v) is 7.82. The van der Waals surface area contributed by atoms with Gasteiger partial charge >= 0.3 is 0 Å². The summed E-state index contributed by atoms with van der Waals surface area (Å²) in [5.41, 5.74) is 1.16. The molecule has 1 aliphatic rings. The van der Waals surface area contributed by atoms with Crippen molar-refractivity contribution >= 4 is 0 Å². The van der Waals surface area contributed by atoms with Gasteiger partial charge in [0.25, 0.3) is 0 Å². The number of pyridine rings is 1. The molecule has 0 spiro atoms. The summed E-state index contributed by atoms with van der Waals surface area (Å²) in [6.07, 6.45) is 8.74. The Balaban J connectivity index is 1.85. The summed E-state index contributed by atoms with van der Waals surface area (Å²) in [6.45, 7) is 6.91. The zero-order valence-corrected chi connectivity index (χ0v) is 12.6. The Morgan fingerprint density at radius 3 is 2.79 bits per heavy atom. The Labute approximate surface area is 118 Å². The lowest BCUT2D eigenvalue weighted by atomic mass is 9.81. The Morgan fingerprint density at radius 1 is 1.26 bits per heavy atom. The van der Waals surface area contributed by atoms with E-state index in [1.54, 1.807) is 0 Å². The first-order valence-electron chi connectivity index (χ1n) is 7.82. The van der Waals surface area contributed by atoms with Crippen molar-refractivity contribution in [3.8, 4) is 0 Å². The fraction of sp³-hybridized carbons (Fsp3) is 0.706. The minimum atomic E-state index is 0.365. The minimum Gasteiger partial charge on any atom is -0.306 e. The van der Waals surface area contributed by atoms with Crippen molar-refractivity contribution in [2.45, 2.75) is 65.0 Å². The molecule has 0 aromatic carbocycles. The highest BCUT2D eigenvalue weighted by Gasteiger charge is 2.23. The third-order valence-corrected chi connectivity index (χ3v) is 4.20. The van der Waals surface area contributed by atoms with Gasteiger partial charge in [0.15, 0.2) is 0 Å². The van der Waals surface area contributed by atoms with Crippen molar-refractivity contribution in [1.29, 1.82) is 0 Å². The normalized spacial score (nSPS) is 25.5. The summed E-state index contributed by atoms with van der Waals surface area (Å²) in [6, 6.07) is 7.21. The summed E-state index contributed by atoms with van der Waals surface area (Å²) in [5.74, 6) is 1.75. The van der Waals surface area contributed by atoms with E-state index in [0.717, 1.165) is 17.5 Å². The highest BCUT2D eigenvalue weighted by Crippen LogP contribution is 2.30. The molecule has 0 bridgehead atoms. The van der Waals surface area contributed by atoms with E-state index in [2.05, 4.69) is 43.2 Å². The molecule has 2 nitrogen and oxygen atoms in total. The average molecular weight is 260 g/mol. The SMILES string of the molecule is CC(C)CC1CCCC(N[C@@H](C)c2ccccn2)C1. The van der Waals surface area contributed by atoms with Crippen LogP contribution in [0.4, 0.5) is 0 Å². The quantitative estimate of drug-likeness (QED) is 0.852. The molecule has 2 heteroatoms. The molecule has 1 aliphatic carbocycles. The Morgan fingerprint density at radius 2 is 2.11 bits per heavy atom. The third-order valence-electron chi connectivity index (χ3n) is 4.20. The Kier molecular flexibility index (Phi) is 5.38. The monoisotopic (exact) mass is 260 g/mol. The molecule has 1 aromatic rings. The maximum atomic E-state index is 4.45. The molecular formula is C17H28N2. The van der Waals surface area contributed by atoms with Crippen LogP contribution in [0.2, 0.25) is 0 Å². The van der Waals surface area contributed by atoms with Crippen LogP contribution in [0.15, 0.2) is 24.4 Å². The van der Waals surface area contributed by atoms with Gasteiger partial charge in [0.05, 0.1) is 5.69 Å². The van der Waals surface area contributed by atoms with E-state index in [1.165, 1.54) is 32.1 Å². The van der Waals surface area contributed by atoms with Gasteiger partial charge < -0.3 is 5.32 Å². The standard InChI is InChI=1S/C17H28N2/c1-13(2)11-15-7-6-8-16(12-15)19-14(3)17-9-4-5-10-18-17/h4-5,9-10,13-16,19H,6-8,11-12H2,1-3H3/t14-,15?,16?/m0/s1. The first-order chi connectivity index (χ1) is 9.15. The van der Waals surface area contributed by atoms with Crippen LogP contribution in [0, 0.1) is 11.8 Å². The predicted octanol–water partition coefficient (Wildman–Crippen LogP) is 4.34. The van der Waals surface area contributed by atoms with Crippen molar-refractivity contribution in [2.75, 3.05) is 0 Å². The molecule has 1 saturated carbocycles. The molecule has 0 amide bonds. The summed E-state index contributed by atoms with van der Waals surface area (Å²) in [4.78, 5) is 4.45. The van der Waals surface area contributed by atoms with Gasteiger partial charge in [-0.05, 0) is 50.2 Å². The van der Waals surface area contributed by atoms with E-state index in [-0.39, 0.29) is 0 Å². The number of aromatic nitrogens is 1. The molecule has 1 fully saturated rings. The average Bonchev–Trinajstić information content (AvgIpc) is 2.39. The lowest BCUT2D eigenvalue weighted by molar-refractivity contribution is 0.242. The van der Waals surface area contributed by atoms with Crippen molar-refractivity contribution in [1.82, 2.24) is 10.3 Å². The predicted molar refractivity (Wildman–Crippen MR) is 81.0 cm³/mol. The highest BCUT2D eigenvalue weighted by molar-refractivity contribution is 5.08. The summed E-state index contributed by atoms with van der Waals surface area (Å²) in [7, 11) is 0. The highest BCUT2D eigenvalue weighted by atomic mass is 15.0. The molecule has 1 heterocycles. The molecule has 2 rings (SSSR count). The summed E-state index contributed by atoms with van der Waals surface area (Å²) in [5, 5.41) is 3.78. The van der Waals surface area contributed by atoms with Crippen molar-refractivity contribution in [2.24, 2.45) is 11.8 Å². The molecule has 0 aliphatic heterocycles. The second kappa shape index (κ2) is 7.04. The zero-order valence-electron chi connectivity index (χ0n) is 12.6. The molecule has 1 N–H and O–H groups in total. The van der Waals surface area contributed by atoms with Gasteiger partial charge in [0.1, 0.15) is 0 Å². The number of nitrogens with zero attached hydrogens (tertiary/aromatic N) is 1. The van der Waals surface area contributed by atoms with E-state index in [0.29, 0.717) is 12.1 Å². The lowest BCUT2D eigenvalue weighted by Crippen LogP contribution is -2.36. The molecule has 2 unspecified atom stereocenters. The van der Waals surface area contributed by atoms with Crippen LogP contribution >= 0.6 is 0 Å². The van der Waals surface area contributed by atoms with Gasteiger partial charge in [-0.15, -0.1) is 0 Å². The van der Waals surface area contributed by atoms with Crippen LogP contribution in [0.1, 0.15) is 64.6 Å². The fourth-order valence-corrected chi connectivity index (χ4v) is 3.39. The molecule has 19 heavy (non-hydrogen) atoms. The number of hydrogen-bond donors (Lipinski definition) is 1. The molecule has 1 aromatic heterocycles. The van der Waals surface area contributed by atoms with Crippen LogP contribution < -0.4 is 5.32 Å². The topological polar surface area (TPSA) is 24.9 Å². The fourth-order valence-electron chi connectivity index (χ4n) is 3.39. The minimum absolute atomic E-state index is 0.365. The van der Waals surface area contributed by atoms with Gasteiger partial charge in [-0.1, -0.05) is 32.8 Å². The van der Waals surface area contributed by atoms with Crippen LogP contribution in [0.5, 0.6) is 0 Å². The molecule has 3 atom stereocenters. The number of rotatable bonds is 5. The van der Waals surface area contributed by atoms with E-state index in [1.807, 2.05) is 12.3 Å². The van der Waals surface area contributed by atoms with Crippen LogP contribution in [-0.4, -0.2) is 11.0 Å². The van der Waals surface area contributed by atoms with Crippen molar-refractivity contribution < 1.29 is 0 Å². The van der Waals surface area contributed by atoms with E-state index in [9.17, 15) is 0 Å². The van der Waals surface area contributed by atoms with Crippen LogP contribution in [-0.2, 0) is 0 Å². The van der Waals surface area contributed by atoms with Crippen molar-refractivity contribution in [3.05, 3.63) is 30.1 Å². The first kappa shape index (κ1) is 14.5. The largest absolute Gasteiger partial charge is 0.306 e. The molecule has 106 valence electrons. The number of hydrogen-bond acceptors (Lipinski definition) is 2. The zero-order chi connectivity index (χ0) is 13.7.